The Hall–Kier alpha value is -2.42. The number of hydrogen-bond acceptors (Lipinski definition) is 8. The zero-order valence-electron chi connectivity index (χ0n) is 13.7. The number of carbonyl (C=O) groups is 2. The Kier molecular flexibility index (Phi) is 6.36. The summed E-state index contributed by atoms with van der Waals surface area (Å²) in [4.78, 5) is 51.2. The first kappa shape index (κ1) is 19.9. The number of aromatic amines is 1. The largest absolute Gasteiger partial charge is 0.456 e. The molecule has 0 radical (unpaired) electrons. The van der Waals surface area contributed by atoms with Crippen LogP contribution in [0.2, 0.25) is 0 Å². The molecule has 11 heteroatoms. The van der Waals surface area contributed by atoms with Gasteiger partial charge in [-0.2, -0.15) is 0 Å². The van der Waals surface area contributed by atoms with E-state index in [0.717, 1.165) is 24.6 Å². The van der Waals surface area contributed by atoms with Crippen LogP contribution in [0.15, 0.2) is 15.8 Å². The van der Waals surface area contributed by atoms with E-state index in [-0.39, 0.29) is 5.56 Å². The molecule has 1 aliphatic heterocycles. The number of esters is 2. The quantitative estimate of drug-likeness (QED) is 0.457. The lowest BCUT2D eigenvalue weighted by molar-refractivity contribution is -0.165. The molecule has 2 rings (SSSR count). The number of nitrogens with one attached hydrogen (secondary N) is 1. The topological polar surface area (TPSA) is 137 Å². The predicted octanol–water partition coefficient (Wildman–Crippen LogP) is -1.01. The molecule has 0 aromatic carbocycles. The van der Waals surface area contributed by atoms with Gasteiger partial charge in [-0.3, -0.25) is 23.9 Å². The third-order valence-corrected chi connectivity index (χ3v) is 3.69. The van der Waals surface area contributed by atoms with Crippen molar-refractivity contribution < 1.29 is 28.9 Å². The van der Waals surface area contributed by atoms with Gasteiger partial charge in [-0.1, -0.05) is 0 Å². The molecule has 0 bridgehead atoms. The van der Waals surface area contributed by atoms with E-state index in [1.165, 1.54) is 0 Å². The van der Waals surface area contributed by atoms with Gasteiger partial charge >= 0.3 is 17.6 Å². The first-order chi connectivity index (χ1) is 12.3. The molecule has 0 amide bonds. The lowest BCUT2D eigenvalue weighted by Crippen LogP contribution is -2.42. The number of ether oxygens (including phenoxy) is 3. The third kappa shape index (κ3) is 4.21. The minimum Gasteiger partial charge on any atom is -0.456 e. The number of aliphatic hydroxyl groups is 1. The predicted molar refractivity (Wildman–Crippen MR) is 89.2 cm³/mol. The SMILES string of the molecule is CC(=O)O[C@@H]1[C@H](OC(C)=O)[C@@H](CO)O[C@H]1n1cc(C#CBr)c(=O)[nH]c1=O. The smallest absolute Gasteiger partial charge is 0.330 e. The summed E-state index contributed by atoms with van der Waals surface area (Å²) in [7, 11) is 0. The number of hydrogen-bond donors (Lipinski definition) is 2. The molecule has 2 N–H and O–H groups in total. The summed E-state index contributed by atoms with van der Waals surface area (Å²) >= 11 is 2.86. The van der Waals surface area contributed by atoms with E-state index in [2.05, 4.69) is 31.7 Å². The molecular formula is C15H15BrN2O8. The Morgan fingerprint density at radius 3 is 2.46 bits per heavy atom. The maximum atomic E-state index is 12.2. The molecule has 1 aromatic rings. The van der Waals surface area contributed by atoms with E-state index < -0.39 is 54.3 Å². The lowest BCUT2D eigenvalue weighted by Gasteiger charge is -2.23. The first-order valence-corrected chi connectivity index (χ1v) is 8.15. The van der Waals surface area contributed by atoms with E-state index in [4.69, 9.17) is 14.2 Å². The number of carbonyl (C=O) groups excluding carboxylic acids is 2. The molecule has 0 spiro atoms. The Morgan fingerprint density at radius 2 is 1.92 bits per heavy atom. The number of halogens is 1. The van der Waals surface area contributed by atoms with Crippen LogP contribution in [0.1, 0.15) is 25.6 Å². The van der Waals surface area contributed by atoms with Crippen molar-refractivity contribution in [2.45, 2.75) is 38.4 Å². The fourth-order valence-corrected chi connectivity index (χ4v) is 2.76. The molecule has 2 heterocycles. The van der Waals surface area contributed by atoms with Crippen molar-refractivity contribution in [2.24, 2.45) is 0 Å². The summed E-state index contributed by atoms with van der Waals surface area (Å²) in [6, 6.07) is 0. The van der Waals surface area contributed by atoms with E-state index in [1.807, 2.05) is 0 Å². The molecular weight excluding hydrogens is 416 g/mol. The highest BCUT2D eigenvalue weighted by atomic mass is 79.9. The number of aromatic nitrogens is 2. The van der Waals surface area contributed by atoms with Gasteiger partial charge in [0.2, 0.25) is 0 Å². The second-order valence-corrected chi connectivity index (χ2v) is 5.72. The average molecular weight is 431 g/mol. The second-order valence-electron chi connectivity index (χ2n) is 5.32. The van der Waals surface area contributed by atoms with Crippen LogP contribution >= 0.6 is 15.9 Å². The summed E-state index contributed by atoms with van der Waals surface area (Å²) in [5.74, 6) is 1.06. The Morgan fingerprint density at radius 1 is 1.31 bits per heavy atom. The van der Waals surface area contributed by atoms with Crippen molar-refractivity contribution in [1.29, 1.82) is 0 Å². The van der Waals surface area contributed by atoms with E-state index >= 15 is 0 Å². The van der Waals surface area contributed by atoms with Crippen LogP contribution in [0.4, 0.5) is 0 Å². The van der Waals surface area contributed by atoms with Crippen LogP contribution in [0, 0.1) is 10.8 Å². The fourth-order valence-electron chi connectivity index (χ4n) is 2.54. The van der Waals surface area contributed by atoms with Crippen LogP contribution in [-0.4, -0.2) is 51.5 Å². The lowest BCUT2D eigenvalue weighted by atomic mass is 10.1. The number of nitrogens with zero attached hydrogens (tertiary/aromatic N) is 1. The van der Waals surface area contributed by atoms with Crippen molar-refractivity contribution in [3.63, 3.8) is 0 Å². The van der Waals surface area contributed by atoms with Gasteiger partial charge in [-0.15, -0.1) is 0 Å². The minimum atomic E-state index is -1.25. The second kappa shape index (κ2) is 8.31. The zero-order chi connectivity index (χ0) is 19.4. The average Bonchev–Trinajstić information content (AvgIpc) is 2.86. The normalized spacial score (nSPS) is 24.5. The van der Waals surface area contributed by atoms with Crippen molar-refractivity contribution in [2.75, 3.05) is 6.61 Å². The van der Waals surface area contributed by atoms with Crippen LogP contribution in [0.3, 0.4) is 0 Å². The molecule has 0 unspecified atom stereocenters. The summed E-state index contributed by atoms with van der Waals surface area (Å²) in [6.45, 7) is 1.71. The van der Waals surface area contributed by atoms with Crippen LogP contribution < -0.4 is 11.2 Å². The summed E-state index contributed by atoms with van der Waals surface area (Å²) < 4.78 is 16.8. The Bertz CT molecular complexity index is 880. The highest BCUT2D eigenvalue weighted by Gasteiger charge is 2.50. The number of H-pyrrole nitrogens is 1. The maximum Gasteiger partial charge on any atom is 0.330 e. The highest BCUT2D eigenvalue weighted by molar-refractivity contribution is 9.12. The van der Waals surface area contributed by atoms with Gasteiger partial charge in [0.15, 0.2) is 18.4 Å². The van der Waals surface area contributed by atoms with Gasteiger partial charge < -0.3 is 19.3 Å². The molecule has 1 saturated heterocycles. The molecule has 10 nitrogen and oxygen atoms in total. The van der Waals surface area contributed by atoms with Crippen molar-refractivity contribution in [1.82, 2.24) is 9.55 Å². The Balaban J connectivity index is 2.54. The van der Waals surface area contributed by atoms with Crippen LogP contribution in [0.25, 0.3) is 0 Å². The molecule has 0 saturated carbocycles. The van der Waals surface area contributed by atoms with Crippen LogP contribution in [0.5, 0.6) is 0 Å². The fraction of sp³-hybridized carbons (Fsp3) is 0.467. The molecule has 140 valence electrons. The van der Waals surface area contributed by atoms with Gasteiger partial charge in [0.25, 0.3) is 5.56 Å². The molecule has 0 aliphatic carbocycles. The van der Waals surface area contributed by atoms with E-state index in [1.54, 1.807) is 0 Å². The van der Waals surface area contributed by atoms with E-state index in [9.17, 15) is 24.3 Å². The maximum absolute atomic E-state index is 12.2. The van der Waals surface area contributed by atoms with Crippen molar-refractivity contribution in [3.8, 4) is 10.8 Å². The van der Waals surface area contributed by atoms with Gasteiger partial charge in [0, 0.05) is 36.0 Å². The molecule has 26 heavy (non-hydrogen) atoms. The van der Waals surface area contributed by atoms with Gasteiger partial charge in [0.05, 0.1) is 6.61 Å². The minimum absolute atomic E-state index is 0.0527. The monoisotopic (exact) mass is 430 g/mol. The molecule has 1 aliphatic rings. The Labute approximate surface area is 155 Å². The summed E-state index contributed by atoms with van der Waals surface area (Å²) in [6.07, 6.45) is -3.53. The third-order valence-electron chi connectivity index (χ3n) is 3.49. The van der Waals surface area contributed by atoms with Crippen molar-refractivity contribution >= 4 is 27.9 Å². The van der Waals surface area contributed by atoms with Gasteiger partial charge in [-0.05, 0) is 10.8 Å². The zero-order valence-corrected chi connectivity index (χ0v) is 15.3. The van der Waals surface area contributed by atoms with E-state index in [0.29, 0.717) is 0 Å². The summed E-state index contributed by atoms with van der Waals surface area (Å²) in [5.41, 5.74) is -1.61. The summed E-state index contributed by atoms with van der Waals surface area (Å²) in [5, 5.41) is 9.49. The standard InChI is InChI=1S/C15H15BrN2O8/c1-7(20)24-11-10(6-19)26-14(12(11)25-8(2)21)18-5-9(3-4-16)13(22)17-15(18)23/h5,10-12,14,19H,6H2,1-2H3,(H,17,22,23)/t10-,11-,12-,14-/m1/s1. The molecule has 1 fully saturated rings. The van der Waals surface area contributed by atoms with Gasteiger partial charge in [-0.25, -0.2) is 4.79 Å². The van der Waals surface area contributed by atoms with Gasteiger partial charge in [0.1, 0.15) is 11.7 Å². The molecule has 4 atom stereocenters. The molecule has 1 aromatic heterocycles. The van der Waals surface area contributed by atoms with Crippen LogP contribution in [-0.2, 0) is 23.8 Å². The first-order valence-electron chi connectivity index (χ1n) is 7.36. The number of rotatable bonds is 4. The van der Waals surface area contributed by atoms with Crippen molar-refractivity contribution in [3.05, 3.63) is 32.6 Å². The number of aliphatic hydroxyl groups excluding tert-OH is 1. The highest BCUT2D eigenvalue weighted by Crippen LogP contribution is 2.33.